The van der Waals surface area contributed by atoms with E-state index in [0.29, 0.717) is 16.4 Å². The number of hydrogen-bond donors (Lipinski definition) is 1. The zero-order valence-corrected chi connectivity index (χ0v) is 16.1. The molecule has 1 unspecified atom stereocenters. The molecular weight excluding hydrogens is 374 g/mol. The fourth-order valence-electron chi connectivity index (χ4n) is 3.26. The van der Waals surface area contributed by atoms with Crippen LogP contribution in [0.4, 0.5) is 10.8 Å². The van der Waals surface area contributed by atoms with Crippen molar-refractivity contribution in [2.45, 2.75) is 19.9 Å². The lowest BCUT2D eigenvalue weighted by Gasteiger charge is -2.24. The van der Waals surface area contributed by atoms with Gasteiger partial charge in [0.15, 0.2) is 5.13 Å². The van der Waals surface area contributed by atoms with Crippen LogP contribution in [0.3, 0.4) is 0 Å². The molecule has 1 aliphatic heterocycles. The van der Waals surface area contributed by atoms with Crippen molar-refractivity contribution >= 4 is 39.8 Å². The first-order chi connectivity index (χ1) is 13.5. The Balaban J connectivity index is 1.56. The normalized spacial score (nSPS) is 14.1. The van der Waals surface area contributed by atoms with Crippen molar-refractivity contribution in [3.8, 4) is 11.3 Å². The number of fused-ring (bicyclic) bond motifs is 1. The van der Waals surface area contributed by atoms with E-state index in [-0.39, 0.29) is 0 Å². The number of Topliss-reactive ketones (excluding diaryl/α,β-unsaturated/α-hetero) is 1. The topological polar surface area (TPSA) is 79.4 Å². The van der Waals surface area contributed by atoms with Crippen molar-refractivity contribution in [1.29, 1.82) is 0 Å². The molecule has 140 valence electrons. The number of aromatic nitrogens is 1. The van der Waals surface area contributed by atoms with Crippen molar-refractivity contribution < 1.29 is 14.4 Å². The highest BCUT2D eigenvalue weighted by Crippen LogP contribution is 2.34. The van der Waals surface area contributed by atoms with Crippen molar-refractivity contribution in [3.05, 3.63) is 65.0 Å². The van der Waals surface area contributed by atoms with E-state index in [1.165, 1.54) is 16.2 Å². The summed E-state index contributed by atoms with van der Waals surface area (Å²) in [6, 6.07) is 14.0. The number of rotatable bonds is 4. The molecule has 0 fully saturated rings. The lowest BCUT2D eigenvalue weighted by Crippen LogP contribution is -2.45. The highest BCUT2D eigenvalue weighted by molar-refractivity contribution is 7.14. The Morgan fingerprint density at radius 3 is 2.61 bits per heavy atom. The smallest absolute Gasteiger partial charge is 0.300 e. The lowest BCUT2D eigenvalue weighted by atomic mass is 10.1. The second-order valence-corrected chi connectivity index (χ2v) is 7.40. The highest BCUT2D eigenvalue weighted by atomic mass is 32.1. The summed E-state index contributed by atoms with van der Waals surface area (Å²) in [6.45, 7) is 3.42. The fraction of sp³-hybridized carbons (Fsp3) is 0.143. The van der Waals surface area contributed by atoms with Crippen LogP contribution in [0.2, 0.25) is 0 Å². The summed E-state index contributed by atoms with van der Waals surface area (Å²) in [4.78, 5) is 43.2. The van der Waals surface area contributed by atoms with E-state index in [0.717, 1.165) is 16.8 Å². The Kier molecular flexibility index (Phi) is 4.52. The van der Waals surface area contributed by atoms with Crippen LogP contribution >= 0.6 is 11.3 Å². The number of aryl methyl sites for hydroxylation is 1. The zero-order chi connectivity index (χ0) is 19.8. The lowest BCUT2D eigenvalue weighted by molar-refractivity contribution is -0.120. The Bertz CT molecular complexity index is 1090. The second-order valence-electron chi connectivity index (χ2n) is 6.54. The van der Waals surface area contributed by atoms with Gasteiger partial charge in [-0.1, -0.05) is 42.5 Å². The number of nitrogens with one attached hydrogen (secondary N) is 1. The Hall–Kier alpha value is -3.32. The Morgan fingerprint density at radius 1 is 1.11 bits per heavy atom. The molecule has 0 aliphatic carbocycles. The SMILES string of the molecule is Cc1cccc2c1N(C(C)C(=O)Nc1nc(-c3ccccc3)cs1)C(=O)C2=O. The van der Waals surface area contributed by atoms with E-state index in [2.05, 4.69) is 10.3 Å². The summed E-state index contributed by atoms with van der Waals surface area (Å²) in [7, 11) is 0. The molecule has 0 bridgehead atoms. The number of benzene rings is 2. The summed E-state index contributed by atoms with van der Waals surface area (Å²) >= 11 is 1.31. The van der Waals surface area contributed by atoms with E-state index in [4.69, 9.17) is 0 Å². The summed E-state index contributed by atoms with van der Waals surface area (Å²) in [5.74, 6) is -1.67. The summed E-state index contributed by atoms with van der Waals surface area (Å²) < 4.78 is 0. The van der Waals surface area contributed by atoms with E-state index < -0.39 is 23.6 Å². The molecule has 2 aromatic carbocycles. The molecule has 7 heteroatoms. The number of hydrogen-bond acceptors (Lipinski definition) is 5. The van der Waals surface area contributed by atoms with Crippen LogP contribution in [0.1, 0.15) is 22.8 Å². The quantitative estimate of drug-likeness (QED) is 0.688. The molecule has 2 amide bonds. The summed E-state index contributed by atoms with van der Waals surface area (Å²) in [6.07, 6.45) is 0. The molecule has 1 aliphatic rings. The molecule has 1 N–H and O–H groups in total. The monoisotopic (exact) mass is 391 g/mol. The van der Waals surface area contributed by atoms with E-state index >= 15 is 0 Å². The van der Waals surface area contributed by atoms with Gasteiger partial charge in [-0.25, -0.2) is 4.98 Å². The van der Waals surface area contributed by atoms with Crippen LogP contribution in [0, 0.1) is 6.92 Å². The maximum atomic E-state index is 12.8. The second kappa shape index (κ2) is 7.01. The fourth-order valence-corrected chi connectivity index (χ4v) is 3.98. The first-order valence-electron chi connectivity index (χ1n) is 8.76. The number of carbonyl (C=O) groups is 3. The Morgan fingerprint density at radius 2 is 1.86 bits per heavy atom. The average Bonchev–Trinajstić information content (AvgIpc) is 3.26. The van der Waals surface area contributed by atoms with Crippen molar-refractivity contribution in [1.82, 2.24) is 4.98 Å². The highest BCUT2D eigenvalue weighted by Gasteiger charge is 2.41. The van der Waals surface area contributed by atoms with Gasteiger partial charge >= 0.3 is 0 Å². The van der Waals surface area contributed by atoms with Gasteiger partial charge in [-0.05, 0) is 25.5 Å². The minimum Gasteiger partial charge on any atom is -0.300 e. The van der Waals surface area contributed by atoms with Gasteiger partial charge in [-0.3, -0.25) is 19.3 Å². The molecule has 0 saturated carbocycles. The first kappa shape index (κ1) is 18.1. The van der Waals surface area contributed by atoms with Gasteiger partial charge in [-0.15, -0.1) is 11.3 Å². The third-order valence-corrected chi connectivity index (χ3v) is 5.46. The van der Waals surface area contributed by atoms with Crippen LogP contribution in [0.5, 0.6) is 0 Å². The third kappa shape index (κ3) is 2.99. The van der Waals surface area contributed by atoms with Crippen molar-refractivity contribution in [3.63, 3.8) is 0 Å². The molecule has 1 atom stereocenters. The Labute approximate surface area is 165 Å². The number of thiazole rings is 1. The minimum atomic E-state index is -0.845. The molecule has 4 rings (SSSR count). The molecule has 6 nitrogen and oxygen atoms in total. The summed E-state index contributed by atoms with van der Waals surface area (Å²) in [5.41, 5.74) is 3.34. The van der Waals surface area contributed by atoms with Crippen LogP contribution in [0.25, 0.3) is 11.3 Å². The molecule has 0 spiro atoms. The molecule has 3 aromatic rings. The standard InChI is InChI=1S/C21H17N3O3S/c1-12-7-6-10-15-17(12)24(20(27)18(15)25)13(2)19(26)23-21-22-16(11-28-21)14-8-4-3-5-9-14/h3-11,13H,1-2H3,(H,22,23,26). The van der Waals surface area contributed by atoms with Gasteiger partial charge in [0, 0.05) is 10.9 Å². The van der Waals surface area contributed by atoms with E-state index in [9.17, 15) is 14.4 Å². The number of carbonyl (C=O) groups excluding carboxylic acids is 3. The van der Waals surface area contributed by atoms with Gasteiger partial charge in [0.2, 0.25) is 5.91 Å². The van der Waals surface area contributed by atoms with Crippen LogP contribution in [-0.4, -0.2) is 28.6 Å². The molecular formula is C21H17N3O3S. The summed E-state index contributed by atoms with van der Waals surface area (Å²) in [5, 5.41) is 5.06. The molecule has 0 radical (unpaired) electrons. The van der Waals surface area contributed by atoms with Gasteiger partial charge in [0.1, 0.15) is 6.04 Å². The zero-order valence-electron chi connectivity index (χ0n) is 15.3. The average molecular weight is 391 g/mol. The van der Waals surface area contributed by atoms with Crippen LogP contribution in [-0.2, 0) is 9.59 Å². The molecule has 28 heavy (non-hydrogen) atoms. The maximum Gasteiger partial charge on any atom is 0.300 e. The van der Waals surface area contributed by atoms with Gasteiger partial charge < -0.3 is 5.32 Å². The van der Waals surface area contributed by atoms with Gasteiger partial charge in [0.25, 0.3) is 11.7 Å². The van der Waals surface area contributed by atoms with E-state index in [1.54, 1.807) is 19.1 Å². The molecule has 1 aromatic heterocycles. The third-order valence-electron chi connectivity index (χ3n) is 4.71. The number of ketones is 1. The largest absolute Gasteiger partial charge is 0.300 e. The predicted molar refractivity (Wildman–Crippen MR) is 109 cm³/mol. The van der Waals surface area contributed by atoms with Crippen LogP contribution in [0.15, 0.2) is 53.9 Å². The molecule has 2 heterocycles. The van der Waals surface area contributed by atoms with Gasteiger partial charge in [0.05, 0.1) is 16.9 Å². The minimum absolute atomic E-state index is 0.338. The van der Waals surface area contributed by atoms with E-state index in [1.807, 2.05) is 48.7 Å². The van der Waals surface area contributed by atoms with Crippen LogP contribution < -0.4 is 10.2 Å². The number of anilines is 2. The first-order valence-corrected chi connectivity index (χ1v) is 9.64. The van der Waals surface area contributed by atoms with Crippen molar-refractivity contribution in [2.75, 3.05) is 10.2 Å². The predicted octanol–water partition coefficient (Wildman–Crippen LogP) is 3.68. The number of nitrogens with zero attached hydrogens (tertiary/aromatic N) is 2. The maximum absolute atomic E-state index is 12.8. The van der Waals surface area contributed by atoms with Gasteiger partial charge in [-0.2, -0.15) is 0 Å². The number of amides is 2. The van der Waals surface area contributed by atoms with Crippen molar-refractivity contribution in [2.24, 2.45) is 0 Å². The molecule has 0 saturated heterocycles. The number of para-hydroxylation sites is 1.